The van der Waals surface area contributed by atoms with E-state index in [1.165, 1.54) is 4.88 Å². The molecule has 0 aromatic carbocycles. The van der Waals surface area contributed by atoms with Crippen LogP contribution < -0.4 is 5.32 Å². The van der Waals surface area contributed by atoms with Crippen LogP contribution in [0, 0.1) is 0 Å². The molecular weight excluding hydrogens is 290 g/mol. The maximum Gasteiger partial charge on any atom is 0.0834 e. The van der Waals surface area contributed by atoms with Crippen LogP contribution in [0.15, 0.2) is 23.7 Å². The molecule has 2 heterocycles. The Balaban J connectivity index is 2.22. The molecule has 110 valence electrons. The fourth-order valence-electron chi connectivity index (χ4n) is 2.32. The summed E-state index contributed by atoms with van der Waals surface area (Å²) in [6.45, 7) is 6.24. The first-order chi connectivity index (χ1) is 9.76. The van der Waals surface area contributed by atoms with E-state index >= 15 is 0 Å². The van der Waals surface area contributed by atoms with Crippen LogP contribution in [0.2, 0.25) is 5.02 Å². The summed E-state index contributed by atoms with van der Waals surface area (Å²) in [6.07, 6.45) is 4.90. The van der Waals surface area contributed by atoms with Gasteiger partial charge in [-0.15, -0.1) is 11.3 Å². The van der Waals surface area contributed by atoms with Crippen molar-refractivity contribution >= 4 is 22.9 Å². The number of hydrogen-bond donors (Lipinski definition) is 1. The molecule has 0 radical (unpaired) electrons. The van der Waals surface area contributed by atoms with E-state index in [-0.39, 0.29) is 6.04 Å². The lowest BCUT2D eigenvalue weighted by Gasteiger charge is -2.20. The van der Waals surface area contributed by atoms with Crippen molar-refractivity contribution in [3.8, 4) is 0 Å². The van der Waals surface area contributed by atoms with Gasteiger partial charge >= 0.3 is 0 Å². The van der Waals surface area contributed by atoms with Gasteiger partial charge in [-0.25, -0.2) is 0 Å². The highest BCUT2D eigenvalue weighted by Crippen LogP contribution is 2.27. The third-order valence-corrected chi connectivity index (χ3v) is 4.41. The third-order valence-electron chi connectivity index (χ3n) is 3.22. The molecule has 2 aromatic rings. The quantitative estimate of drug-likeness (QED) is 0.788. The van der Waals surface area contributed by atoms with Crippen LogP contribution in [0.5, 0.6) is 0 Å². The topological polar surface area (TPSA) is 29.9 Å². The van der Waals surface area contributed by atoms with Gasteiger partial charge in [0, 0.05) is 17.8 Å². The van der Waals surface area contributed by atoms with E-state index < -0.39 is 0 Å². The van der Waals surface area contributed by atoms with Crippen LogP contribution in [-0.4, -0.2) is 16.3 Å². The number of aryl methyl sites for hydroxylation is 1. The second-order valence-corrected chi connectivity index (χ2v) is 6.33. The minimum atomic E-state index is 0.232. The minimum absolute atomic E-state index is 0.232. The van der Waals surface area contributed by atoms with E-state index in [9.17, 15) is 0 Å². The summed E-state index contributed by atoms with van der Waals surface area (Å²) in [5.41, 5.74) is 1.12. The zero-order chi connectivity index (χ0) is 14.4. The average Bonchev–Trinajstić information content (AvgIpc) is 3.06. The van der Waals surface area contributed by atoms with Crippen LogP contribution in [-0.2, 0) is 13.0 Å². The van der Waals surface area contributed by atoms with Crippen molar-refractivity contribution in [2.75, 3.05) is 6.54 Å². The molecule has 0 aliphatic carbocycles. The lowest BCUT2D eigenvalue weighted by molar-refractivity contribution is 0.470. The first kappa shape index (κ1) is 15.5. The molecule has 0 saturated carbocycles. The van der Waals surface area contributed by atoms with E-state index in [1.54, 1.807) is 17.5 Å². The largest absolute Gasteiger partial charge is 0.308 e. The van der Waals surface area contributed by atoms with Gasteiger partial charge in [-0.1, -0.05) is 31.5 Å². The van der Waals surface area contributed by atoms with E-state index in [1.807, 2.05) is 4.68 Å². The predicted molar refractivity (Wildman–Crippen MR) is 86.6 cm³/mol. The molecule has 0 saturated heterocycles. The fourth-order valence-corrected chi connectivity index (χ4v) is 3.35. The van der Waals surface area contributed by atoms with Crippen LogP contribution in [0.1, 0.15) is 43.3 Å². The van der Waals surface area contributed by atoms with Gasteiger partial charge in [-0.3, -0.25) is 4.68 Å². The Morgan fingerprint density at radius 3 is 2.90 bits per heavy atom. The van der Waals surface area contributed by atoms with Crippen LogP contribution >= 0.6 is 22.9 Å². The summed E-state index contributed by atoms with van der Waals surface area (Å²) in [6, 6.07) is 4.51. The number of thiophene rings is 1. The van der Waals surface area contributed by atoms with Crippen molar-refractivity contribution in [3.63, 3.8) is 0 Å². The molecule has 3 nitrogen and oxygen atoms in total. The zero-order valence-electron chi connectivity index (χ0n) is 12.1. The summed E-state index contributed by atoms with van der Waals surface area (Å²) >= 11 is 8.17. The van der Waals surface area contributed by atoms with Crippen molar-refractivity contribution in [1.29, 1.82) is 0 Å². The van der Waals surface area contributed by atoms with Gasteiger partial charge in [-0.2, -0.15) is 5.10 Å². The summed E-state index contributed by atoms with van der Waals surface area (Å²) in [7, 11) is 0. The number of aromatic nitrogens is 2. The molecule has 2 aromatic heterocycles. The van der Waals surface area contributed by atoms with E-state index in [2.05, 4.69) is 41.8 Å². The maximum absolute atomic E-state index is 6.37. The van der Waals surface area contributed by atoms with E-state index in [0.29, 0.717) is 0 Å². The predicted octanol–water partition coefficient (Wildman–Crippen LogP) is 4.29. The minimum Gasteiger partial charge on any atom is -0.308 e. The van der Waals surface area contributed by atoms with E-state index in [0.717, 1.165) is 43.1 Å². The maximum atomic E-state index is 6.37. The monoisotopic (exact) mass is 311 g/mol. The van der Waals surface area contributed by atoms with Crippen LogP contribution in [0.3, 0.4) is 0 Å². The van der Waals surface area contributed by atoms with Crippen molar-refractivity contribution in [3.05, 3.63) is 39.3 Å². The number of nitrogens with one attached hydrogen (secondary N) is 1. The Labute approximate surface area is 130 Å². The SMILES string of the molecule is CCCNC(Cc1cccs1)c1c(Cl)cnn1CCC. The van der Waals surface area contributed by atoms with Gasteiger partial charge in [0.25, 0.3) is 0 Å². The molecular formula is C15H22ClN3S. The molecule has 5 heteroatoms. The smallest absolute Gasteiger partial charge is 0.0834 e. The number of nitrogens with zero attached hydrogens (tertiary/aromatic N) is 2. The third kappa shape index (κ3) is 3.84. The molecule has 0 bridgehead atoms. The molecule has 1 atom stereocenters. The molecule has 0 aliphatic rings. The van der Waals surface area contributed by atoms with Gasteiger partial charge in [-0.05, 0) is 30.8 Å². The highest BCUT2D eigenvalue weighted by molar-refractivity contribution is 7.09. The Kier molecular flexibility index (Phi) is 6.07. The molecule has 0 spiro atoms. The van der Waals surface area contributed by atoms with Gasteiger partial charge in [0.1, 0.15) is 0 Å². The number of halogens is 1. The summed E-state index contributed by atoms with van der Waals surface area (Å²) in [5.74, 6) is 0. The molecule has 2 rings (SSSR count). The fraction of sp³-hybridized carbons (Fsp3) is 0.533. The van der Waals surface area contributed by atoms with Crippen LogP contribution in [0.4, 0.5) is 0 Å². The Bertz CT molecular complexity index is 507. The summed E-state index contributed by atoms with van der Waals surface area (Å²) in [4.78, 5) is 1.37. The van der Waals surface area contributed by atoms with Crippen LogP contribution in [0.25, 0.3) is 0 Å². The standard InChI is InChI=1S/C15H22ClN3S/c1-3-7-17-14(10-12-6-5-9-20-12)15-13(16)11-18-19(15)8-4-2/h5-6,9,11,14,17H,3-4,7-8,10H2,1-2H3. The lowest BCUT2D eigenvalue weighted by atomic mass is 10.1. The summed E-state index contributed by atoms with van der Waals surface area (Å²) < 4.78 is 2.04. The average molecular weight is 312 g/mol. The Hall–Kier alpha value is -0.840. The first-order valence-corrected chi connectivity index (χ1v) is 8.49. The molecule has 1 N–H and O–H groups in total. The molecule has 0 amide bonds. The second-order valence-electron chi connectivity index (χ2n) is 4.89. The molecule has 0 aliphatic heterocycles. The lowest BCUT2D eigenvalue weighted by Crippen LogP contribution is -2.26. The second kappa shape index (κ2) is 7.81. The van der Waals surface area contributed by atoms with Gasteiger partial charge in [0.15, 0.2) is 0 Å². The van der Waals surface area contributed by atoms with Crippen molar-refractivity contribution < 1.29 is 0 Å². The number of hydrogen-bond acceptors (Lipinski definition) is 3. The first-order valence-electron chi connectivity index (χ1n) is 7.23. The van der Waals surface area contributed by atoms with Crippen molar-refractivity contribution in [2.45, 2.75) is 45.7 Å². The number of rotatable bonds is 8. The summed E-state index contributed by atoms with van der Waals surface area (Å²) in [5, 5.41) is 10.9. The Morgan fingerprint density at radius 2 is 2.25 bits per heavy atom. The van der Waals surface area contributed by atoms with E-state index in [4.69, 9.17) is 11.6 Å². The molecule has 1 unspecified atom stereocenters. The molecule has 20 heavy (non-hydrogen) atoms. The highest BCUT2D eigenvalue weighted by Gasteiger charge is 2.20. The van der Waals surface area contributed by atoms with Gasteiger partial charge in [0.2, 0.25) is 0 Å². The highest BCUT2D eigenvalue weighted by atomic mass is 35.5. The van der Waals surface area contributed by atoms with Crippen molar-refractivity contribution in [1.82, 2.24) is 15.1 Å². The van der Waals surface area contributed by atoms with Gasteiger partial charge in [0.05, 0.1) is 23.0 Å². The zero-order valence-corrected chi connectivity index (χ0v) is 13.7. The normalized spacial score (nSPS) is 12.8. The van der Waals surface area contributed by atoms with Crippen molar-refractivity contribution in [2.24, 2.45) is 0 Å². The molecule has 0 fully saturated rings. The van der Waals surface area contributed by atoms with Gasteiger partial charge < -0.3 is 5.32 Å². The Morgan fingerprint density at radius 1 is 1.40 bits per heavy atom.